The number of nitrogens with one attached hydrogen (secondary N) is 1. The first-order chi connectivity index (χ1) is 10.1. The van der Waals surface area contributed by atoms with Gasteiger partial charge in [0.15, 0.2) is 0 Å². The molecule has 2 rings (SSSR count). The number of amides is 1. The van der Waals surface area contributed by atoms with E-state index in [0.29, 0.717) is 5.56 Å². The number of methoxy groups -OCH3 is 1. The lowest BCUT2D eigenvalue weighted by Gasteiger charge is -2.06. The van der Waals surface area contributed by atoms with E-state index >= 15 is 0 Å². The SMILES string of the molecule is COC(=O)c1ccc(CNC(=O)c2cccnc2F)cc1. The van der Waals surface area contributed by atoms with Gasteiger partial charge in [0.2, 0.25) is 5.95 Å². The molecule has 1 aromatic carbocycles. The molecule has 5 nitrogen and oxygen atoms in total. The highest BCUT2D eigenvalue weighted by atomic mass is 19.1. The van der Waals surface area contributed by atoms with Crippen LogP contribution in [0.25, 0.3) is 0 Å². The summed E-state index contributed by atoms with van der Waals surface area (Å²) in [5.74, 6) is -1.78. The minimum Gasteiger partial charge on any atom is -0.465 e. The maximum absolute atomic E-state index is 13.3. The Morgan fingerprint density at radius 3 is 2.57 bits per heavy atom. The van der Waals surface area contributed by atoms with Crippen molar-refractivity contribution in [1.82, 2.24) is 10.3 Å². The number of nitrogens with zero attached hydrogens (tertiary/aromatic N) is 1. The number of carbonyl (C=O) groups excluding carboxylic acids is 2. The molecule has 0 bridgehead atoms. The number of aromatic nitrogens is 1. The lowest BCUT2D eigenvalue weighted by Crippen LogP contribution is -2.24. The maximum atomic E-state index is 13.3. The number of benzene rings is 1. The van der Waals surface area contributed by atoms with Crippen LogP contribution in [-0.4, -0.2) is 24.0 Å². The number of rotatable bonds is 4. The fraction of sp³-hybridized carbons (Fsp3) is 0.133. The van der Waals surface area contributed by atoms with Crippen molar-refractivity contribution in [2.24, 2.45) is 0 Å². The highest BCUT2D eigenvalue weighted by Crippen LogP contribution is 2.07. The molecule has 6 heteroatoms. The van der Waals surface area contributed by atoms with E-state index in [0.717, 1.165) is 5.56 Å². The van der Waals surface area contributed by atoms with Gasteiger partial charge < -0.3 is 10.1 Å². The number of hydrogen-bond acceptors (Lipinski definition) is 4. The van der Waals surface area contributed by atoms with Crippen LogP contribution in [0.1, 0.15) is 26.3 Å². The van der Waals surface area contributed by atoms with E-state index in [-0.39, 0.29) is 12.1 Å². The molecule has 0 radical (unpaired) electrons. The summed E-state index contributed by atoms with van der Waals surface area (Å²) in [7, 11) is 1.30. The Morgan fingerprint density at radius 2 is 1.95 bits per heavy atom. The number of esters is 1. The molecule has 21 heavy (non-hydrogen) atoms. The van der Waals surface area contributed by atoms with Gasteiger partial charge in [0.25, 0.3) is 5.91 Å². The molecule has 0 atom stereocenters. The number of carbonyl (C=O) groups is 2. The van der Waals surface area contributed by atoms with E-state index in [1.807, 2.05) is 0 Å². The van der Waals surface area contributed by atoms with Crippen LogP contribution in [-0.2, 0) is 11.3 Å². The third-order valence-electron chi connectivity index (χ3n) is 2.83. The summed E-state index contributed by atoms with van der Waals surface area (Å²) in [5, 5.41) is 2.58. The second-order valence-electron chi connectivity index (χ2n) is 4.21. The predicted molar refractivity (Wildman–Crippen MR) is 73.1 cm³/mol. The number of halogens is 1. The normalized spacial score (nSPS) is 10.0. The van der Waals surface area contributed by atoms with Crippen LogP contribution < -0.4 is 5.32 Å². The largest absolute Gasteiger partial charge is 0.465 e. The number of ether oxygens (including phenoxy) is 1. The lowest BCUT2D eigenvalue weighted by molar-refractivity contribution is 0.0600. The summed E-state index contributed by atoms with van der Waals surface area (Å²) < 4.78 is 17.9. The van der Waals surface area contributed by atoms with Gasteiger partial charge in [0.1, 0.15) is 0 Å². The molecular weight excluding hydrogens is 275 g/mol. The first-order valence-electron chi connectivity index (χ1n) is 6.18. The minimum absolute atomic E-state index is 0.108. The summed E-state index contributed by atoms with van der Waals surface area (Å²) in [6.45, 7) is 0.217. The summed E-state index contributed by atoms with van der Waals surface area (Å²) in [4.78, 5) is 26.5. The zero-order valence-corrected chi connectivity index (χ0v) is 11.3. The van der Waals surface area contributed by atoms with Crippen molar-refractivity contribution in [3.05, 3.63) is 65.2 Å². The van der Waals surface area contributed by atoms with Gasteiger partial charge in [0.05, 0.1) is 18.2 Å². The van der Waals surface area contributed by atoms with Crippen molar-refractivity contribution in [3.63, 3.8) is 0 Å². The summed E-state index contributed by atoms with van der Waals surface area (Å²) in [6.07, 6.45) is 1.28. The Hall–Kier alpha value is -2.76. The summed E-state index contributed by atoms with van der Waals surface area (Å²) in [6, 6.07) is 9.41. The fourth-order valence-electron chi connectivity index (χ4n) is 1.71. The molecule has 1 heterocycles. The topological polar surface area (TPSA) is 68.3 Å². The molecule has 0 saturated heterocycles. The number of hydrogen-bond donors (Lipinski definition) is 1. The summed E-state index contributed by atoms with van der Waals surface area (Å²) in [5.41, 5.74) is 1.09. The van der Waals surface area contributed by atoms with E-state index < -0.39 is 17.8 Å². The average Bonchev–Trinajstić information content (AvgIpc) is 2.52. The molecule has 0 saturated carbocycles. The van der Waals surface area contributed by atoms with Crippen molar-refractivity contribution < 1.29 is 18.7 Å². The van der Waals surface area contributed by atoms with Crippen LogP contribution in [0.15, 0.2) is 42.6 Å². The van der Waals surface area contributed by atoms with Gasteiger partial charge in [-0.1, -0.05) is 12.1 Å². The molecule has 1 N–H and O–H groups in total. The van der Waals surface area contributed by atoms with E-state index in [1.165, 1.54) is 25.4 Å². The Kier molecular flexibility index (Phi) is 4.61. The van der Waals surface area contributed by atoms with Crippen LogP contribution in [0, 0.1) is 5.95 Å². The first-order valence-corrected chi connectivity index (χ1v) is 6.18. The molecule has 0 aliphatic rings. The zero-order chi connectivity index (χ0) is 15.2. The van der Waals surface area contributed by atoms with Crippen LogP contribution in [0.2, 0.25) is 0 Å². The van der Waals surface area contributed by atoms with Crippen LogP contribution >= 0.6 is 0 Å². The highest BCUT2D eigenvalue weighted by molar-refractivity contribution is 5.94. The van der Waals surface area contributed by atoms with Crippen molar-refractivity contribution in [3.8, 4) is 0 Å². The second-order valence-corrected chi connectivity index (χ2v) is 4.21. The van der Waals surface area contributed by atoms with E-state index in [9.17, 15) is 14.0 Å². The third-order valence-corrected chi connectivity index (χ3v) is 2.83. The Balaban J connectivity index is 1.99. The van der Waals surface area contributed by atoms with Gasteiger partial charge in [-0.25, -0.2) is 9.78 Å². The van der Waals surface area contributed by atoms with Crippen LogP contribution in [0.3, 0.4) is 0 Å². The Morgan fingerprint density at radius 1 is 1.24 bits per heavy atom. The molecule has 2 aromatic rings. The van der Waals surface area contributed by atoms with Gasteiger partial charge >= 0.3 is 5.97 Å². The molecule has 1 amide bonds. The Labute approximate surface area is 120 Å². The summed E-state index contributed by atoms with van der Waals surface area (Å²) >= 11 is 0. The molecule has 1 aromatic heterocycles. The van der Waals surface area contributed by atoms with Crippen LogP contribution in [0.5, 0.6) is 0 Å². The first kappa shape index (κ1) is 14.6. The quantitative estimate of drug-likeness (QED) is 0.689. The molecule has 0 aliphatic heterocycles. The van der Waals surface area contributed by atoms with Gasteiger partial charge in [-0.2, -0.15) is 4.39 Å². The van der Waals surface area contributed by atoms with E-state index in [2.05, 4.69) is 15.0 Å². The standard InChI is InChI=1S/C15H13FN2O3/c1-21-15(20)11-6-4-10(5-7-11)9-18-14(19)12-3-2-8-17-13(12)16/h2-8H,9H2,1H3,(H,18,19). The zero-order valence-electron chi connectivity index (χ0n) is 11.3. The van der Waals surface area contributed by atoms with Crippen LogP contribution in [0.4, 0.5) is 4.39 Å². The molecule has 0 unspecified atom stereocenters. The van der Waals surface area contributed by atoms with Crippen molar-refractivity contribution in [2.75, 3.05) is 7.11 Å². The van der Waals surface area contributed by atoms with Gasteiger partial charge in [-0.3, -0.25) is 4.79 Å². The lowest BCUT2D eigenvalue weighted by atomic mass is 10.1. The average molecular weight is 288 g/mol. The monoisotopic (exact) mass is 288 g/mol. The van der Waals surface area contributed by atoms with Gasteiger partial charge in [-0.05, 0) is 29.8 Å². The minimum atomic E-state index is -0.809. The van der Waals surface area contributed by atoms with Crippen molar-refractivity contribution in [1.29, 1.82) is 0 Å². The van der Waals surface area contributed by atoms with Gasteiger partial charge in [0, 0.05) is 12.7 Å². The van der Waals surface area contributed by atoms with E-state index in [1.54, 1.807) is 24.3 Å². The molecule has 0 aliphatic carbocycles. The highest BCUT2D eigenvalue weighted by Gasteiger charge is 2.11. The number of pyridine rings is 1. The van der Waals surface area contributed by atoms with Crippen molar-refractivity contribution in [2.45, 2.75) is 6.54 Å². The predicted octanol–water partition coefficient (Wildman–Crippen LogP) is 1.94. The Bertz CT molecular complexity index is 656. The molecule has 0 fully saturated rings. The van der Waals surface area contributed by atoms with E-state index in [4.69, 9.17) is 0 Å². The maximum Gasteiger partial charge on any atom is 0.337 e. The fourth-order valence-corrected chi connectivity index (χ4v) is 1.71. The second kappa shape index (κ2) is 6.60. The molecule has 108 valence electrons. The third kappa shape index (κ3) is 3.62. The smallest absolute Gasteiger partial charge is 0.337 e. The molecular formula is C15H13FN2O3. The molecule has 0 spiro atoms. The van der Waals surface area contributed by atoms with Crippen molar-refractivity contribution >= 4 is 11.9 Å². The van der Waals surface area contributed by atoms with Gasteiger partial charge in [-0.15, -0.1) is 0 Å².